The lowest BCUT2D eigenvalue weighted by atomic mass is 9.97. The molecule has 8 nitrogen and oxygen atoms in total. The van der Waals surface area contributed by atoms with E-state index in [1.54, 1.807) is 12.1 Å². The number of aromatic carboxylic acids is 1. The summed E-state index contributed by atoms with van der Waals surface area (Å²) in [5, 5.41) is 32.2. The van der Waals surface area contributed by atoms with E-state index in [0.717, 1.165) is 35.1 Å². The monoisotopic (exact) mass is 481 g/mol. The highest BCUT2D eigenvalue weighted by atomic mass is 32.1. The number of fused-ring (bicyclic) bond motifs is 2. The van der Waals surface area contributed by atoms with Gasteiger partial charge in [-0.05, 0) is 42.7 Å². The summed E-state index contributed by atoms with van der Waals surface area (Å²) < 4.78 is 5.73. The fourth-order valence-corrected chi connectivity index (χ4v) is 5.86. The predicted octanol–water partition coefficient (Wildman–Crippen LogP) is 3.69. The van der Waals surface area contributed by atoms with Crippen LogP contribution in [0.2, 0.25) is 0 Å². The summed E-state index contributed by atoms with van der Waals surface area (Å²) in [5.74, 6) is -1.36. The number of rotatable bonds is 6. The molecule has 2 atom stereocenters. The second kappa shape index (κ2) is 9.61. The van der Waals surface area contributed by atoms with Crippen LogP contribution in [0, 0.1) is 0 Å². The number of aromatic hydroxyl groups is 1. The van der Waals surface area contributed by atoms with Gasteiger partial charge in [0.05, 0.1) is 11.1 Å². The van der Waals surface area contributed by atoms with Crippen molar-refractivity contribution in [3.63, 3.8) is 0 Å². The quantitative estimate of drug-likeness (QED) is 0.364. The normalized spacial score (nSPS) is 20.0. The fourth-order valence-electron chi connectivity index (χ4n) is 4.65. The van der Waals surface area contributed by atoms with Crippen molar-refractivity contribution in [3.05, 3.63) is 58.0 Å². The minimum atomic E-state index is -0.957. The summed E-state index contributed by atoms with van der Waals surface area (Å²) in [6.45, 7) is 1.53. The third kappa shape index (κ3) is 4.46. The van der Waals surface area contributed by atoms with Crippen molar-refractivity contribution >= 4 is 39.0 Å². The molecule has 1 aromatic heterocycles. The van der Waals surface area contributed by atoms with Crippen molar-refractivity contribution < 1.29 is 24.5 Å². The number of thiophene rings is 1. The Bertz CT molecular complexity index is 1230. The number of amides is 1. The van der Waals surface area contributed by atoms with Gasteiger partial charge in [-0.1, -0.05) is 30.3 Å². The molecular formula is C25H27N3O5S. The SMILES string of the molecule is O=C(NC[C@@H]1Cc2c(sc(NC3CCCCO3)c2C(=O)O)CN1)c1ccc2ccccc2c1O. The molecule has 9 heteroatoms. The molecule has 5 N–H and O–H groups in total. The van der Waals surface area contributed by atoms with Gasteiger partial charge in [0, 0.05) is 36.0 Å². The number of phenols is 1. The number of hydrogen-bond donors (Lipinski definition) is 5. The number of carboxylic acids is 1. The molecule has 178 valence electrons. The van der Waals surface area contributed by atoms with Crippen LogP contribution >= 0.6 is 11.3 Å². The lowest BCUT2D eigenvalue weighted by molar-refractivity contribution is 0.0344. The maximum atomic E-state index is 12.8. The van der Waals surface area contributed by atoms with Crippen LogP contribution in [0.4, 0.5) is 5.00 Å². The highest BCUT2D eigenvalue weighted by molar-refractivity contribution is 7.16. The van der Waals surface area contributed by atoms with Gasteiger partial charge in [0.15, 0.2) is 0 Å². The van der Waals surface area contributed by atoms with E-state index in [-0.39, 0.29) is 29.5 Å². The van der Waals surface area contributed by atoms with Crippen LogP contribution in [-0.4, -0.2) is 47.5 Å². The largest absolute Gasteiger partial charge is 0.506 e. The Hall–Kier alpha value is -3.14. The van der Waals surface area contributed by atoms with Gasteiger partial charge in [-0.25, -0.2) is 4.79 Å². The zero-order valence-electron chi connectivity index (χ0n) is 18.6. The van der Waals surface area contributed by atoms with Gasteiger partial charge in [-0.2, -0.15) is 0 Å². The van der Waals surface area contributed by atoms with Gasteiger partial charge >= 0.3 is 5.97 Å². The highest BCUT2D eigenvalue weighted by Crippen LogP contribution is 2.37. The minimum absolute atomic E-state index is 0.0406. The molecule has 2 aromatic carbocycles. The van der Waals surface area contributed by atoms with E-state index < -0.39 is 5.97 Å². The average Bonchev–Trinajstić information content (AvgIpc) is 3.21. The first kappa shape index (κ1) is 22.6. The summed E-state index contributed by atoms with van der Waals surface area (Å²) >= 11 is 1.46. The van der Waals surface area contributed by atoms with E-state index >= 15 is 0 Å². The van der Waals surface area contributed by atoms with Crippen molar-refractivity contribution in [2.45, 2.75) is 44.5 Å². The molecule has 2 aliphatic rings. The summed E-state index contributed by atoms with van der Waals surface area (Å²) in [6.07, 6.45) is 3.27. The summed E-state index contributed by atoms with van der Waals surface area (Å²) in [5.41, 5.74) is 1.33. The Balaban J connectivity index is 1.28. The molecule has 0 saturated carbocycles. The number of carboxylic acid groups (broad SMARTS) is 1. The molecule has 2 aliphatic heterocycles. The first-order valence-corrected chi connectivity index (χ1v) is 12.3. The maximum absolute atomic E-state index is 12.8. The van der Waals surface area contributed by atoms with E-state index in [4.69, 9.17) is 4.74 Å². The molecule has 34 heavy (non-hydrogen) atoms. The highest BCUT2D eigenvalue weighted by Gasteiger charge is 2.30. The number of hydrogen-bond acceptors (Lipinski definition) is 7. The number of nitrogens with one attached hydrogen (secondary N) is 3. The lowest BCUT2D eigenvalue weighted by Gasteiger charge is -2.25. The van der Waals surface area contributed by atoms with Crippen molar-refractivity contribution in [1.82, 2.24) is 10.6 Å². The summed E-state index contributed by atoms with van der Waals surface area (Å²) in [6, 6.07) is 10.7. The smallest absolute Gasteiger partial charge is 0.338 e. The second-order valence-corrected chi connectivity index (χ2v) is 9.79. The van der Waals surface area contributed by atoms with Gasteiger partial charge in [-0.3, -0.25) is 4.79 Å². The molecule has 0 bridgehead atoms. The van der Waals surface area contributed by atoms with Crippen molar-refractivity contribution in [3.8, 4) is 5.75 Å². The molecule has 5 rings (SSSR count). The number of carbonyl (C=O) groups excluding carboxylic acids is 1. The first-order valence-electron chi connectivity index (χ1n) is 11.5. The first-order chi connectivity index (χ1) is 16.5. The number of anilines is 1. The van der Waals surface area contributed by atoms with Crippen LogP contribution < -0.4 is 16.0 Å². The van der Waals surface area contributed by atoms with Gasteiger partial charge in [0.2, 0.25) is 0 Å². The van der Waals surface area contributed by atoms with Crippen molar-refractivity contribution in [2.75, 3.05) is 18.5 Å². The summed E-state index contributed by atoms with van der Waals surface area (Å²) in [4.78, 5) is 25.9. The maximum Gasteiger partial charge on any atom is 0.338 e. The van der Waals surface area contributed by atoms with E-state index in [9.17, 15) is 19.8 Å². The Labute approximate surface area is 200 Å². The van der Waals surface area contributed by atoms with Crippen LogP contribution in [0.25, 0.3) is 10.8 Å². The van der Waals surface area contributed by atoms with E-state index in [2.05, 4.69) is 16.0 Å². The molecule has 3 heterocycles. The molecule has 1 fully saturated rings. The van der Waals surface area contributed by atoms with Gasteiger partial charge in [0.1, 0.15) is 17.0 Å². The molecule has 0 aliphatic carbocycles. The second-order valence-electron chi connectivity index (χ2n) is 8.69. The molecule has 1 amide bonds. The Kier molecular flexibility index (Phi) is 6.40. The zero-order chi connectivity index (χ0) is 23.7. The Morgan fingerprint density at radius 2 is 2.03 bits per heavy atom. The standard InChI is InChI=1S/C25H27N3O5S/c29-22-16-6-2-1-5-14(16)8-9-17(22)23(30)27-12-15-11-18-19(13-26-15)34-24(21(18)25(31)32)28-20-7-3-4-10-33-20/h1-2,5-6,8-9,15,20,26,28-29H,3-4,7,10-13H2,(H,27,30)(H,31,32)/t15-,20?/m0/s1. The molecule has 1 saturated heterocycles. The summed E-state index contributed by atoms with van der Waals surface area (Å²) in [7, 11) is 0. The van der Waals surface area contributed by atoms with Crippen molar-refractivity contribution in [2.24, 2.45) is 0 Å². The van der Waals surface area contributed by atoms with E-state index in [0.29, 0.717) is 42.1 Å². The van der Waals surface area contributed by atoms with Gasteiger partial charge < -0.3 is 30.9 Å². The fraction of sp³-hybridized carbons (Fsp3) is 0.360. The van der Waals surface area contributed by atoms with Crippen LogP contribution in [0.15, 0.2) is 36.4 Å². The third-order valence-corrected chi connectivity index (χ3v) is 7.60. The van der Waals surface area contributed by atoms with Gasteiger partial charge in [0.25, 0.3) is 5.91 Å². The van der Waals surface area contributed by atoms with E-state index in [1.165, 1.54) is 11.3 Å². The van der Waals surface area contributed by atoms with Crippen LogP contribution in [0.1, 0.15) is 50.4 Å². The van der Waals surface area contributed by atoms with Crippen LogP contribution in [-0.2, 0) is 17.7 Å². The minimum Gasteiger partial charge on any atom is -0.506 e. The third-order valence-electron chi connectivity index (χ3n) is 6.43. The Morgan fingerprint density at radius 1 is 1.18 bits per heavy atom. The number of ether oxygens (including phenoxy) is 1. The van der Waals surface area contributed by atoms with Gasteiger partial charge in [-0.15, -0.1) is 11.3 Å². The zero-order valence-corrected chi connectivity index (χ0v) is 19.4. The molecular weight excluding hydrogens is 454 g/mol. The lowest BCUT2D eigenvalue weighted by Crippen LogP contribution is -2.44. The van der Waals surface area contributed by atoms with E-state index in [1.807, 2.05) is 24.3 Å². The number of phenolic OH excluding ortho intramolecular Hbond substituents is 1. The number of benzene rings is 2. The molecule has 0 radical (unpaired) electrons. The van der Waals surface area contributed by atoms with Crippen LogP contribution in [0.3, 0.4) is 0 Å². The Morgan fingerprint density at radius 3 is 2.82 bits per heavy atom. The average molecular weight is 482 g/mol. The van der Waals surface area contributed by atoms with Crippen molar-refractivity contribution in [1.29, 1.82) is 0 Å². The topological polar surface area (TPSA) is 120 Å². The molecule has 1 unspecified atom stereocenters. The predicted molar refractivity (Wildman–Crippen MR) is 131 cm³/mol. The molecule has 3 aromatic rings. The number of carbonyl (C=O) groups is 2. The van der Waals surface area contributed by atoms with Crippen LogP contribution in [0.5, 0.6) is 5.75 Å². The molecule has 0 spiro atoms.